The van der Waals surface area contributed by atoms with Crippen molar-refractivity contribution >= 4 is 15.9 Å². The molecule has 0 N–H and O–H groups in total. The molecule has 0 radical (unpaired) electrons. The van der Waals surface area contributed by atoms with Crippen LogP contribution in [0.4, 0.5) is 0 Å². The molecule has 2 aromatic carbocycles. The lowest BCUT2D eigenvalue weighted by molar-refractivity contribution is 0.0759. The fourth-order valence-corrected chi connectivity index (χ4v) is 6.58. The van der Waals surface area contributed by atoms with E-state index in [9.17, 15) is 13.2 Å². The van der Waals surface area contributed by atoms with Crippen molar-refractivity contribution in [1.82, 2.24) is 9.21 Å². The molecular weight excluding hydrogens is 388 g/mol. The van der Waals surface area contributed by atoms with Crippen molar-refractivity contribution in [2.24, 2.45) is 5.92 Å². The van der Waals surface area contributed by atoms with Crippen molar-refractivity contribution in [2.45, 2.75) is 24.6 Å². The first-order valence-electron chi connectivity index (χ1n) is 9.95. The summed E-state index contributed by atoms with van der Waals surface area (Å²) < 4.78 is 33.0. The van der Waals surface area contributed by atoms with E-state index in [4.69, 9.17) is 4.74 Å². The van der Waals surface area contributed by atoms with Gasteiger partial charge in [-0.15, -0.1) is 0 Å². The summed E-state index contributed by atoms with van der Waals surface area (Å²) >= 11 is 0. The average molecular weight is 415 g/mol. The first kappa shape index (κ1) is 19.9. The van der Waals surface area contributed by atoms with Crippen LogP contribution in [0.3, 0.4) is 0 Å². The topological polar surface area (TPSA) is 66.9 Å². The highest BCUT2D eigenvalue weighted by Gasteiger charge is 2.47. The molecule has 2 saturated heterocycles. The Labute approximate surface area is 172 Å². The fraction of sp³-hybridized carbons (Fsp3) is 0.409. The molecule has 6 nitrogen and oxygen atoms in total. The normalized spacial score (nSPS) is 24.0. The predicted molar refractivity (Wildman–Crippen MR) is 111 cm³/mol. The van der Waals surface area contributed by atoms with Crippen LogP contribution >= 0.6 is 0 Å². The second-order valence-corrected chi connectivity index (χ2v) is 9.87. The molecule has 2 aliphatic heterocycles. The number of likely N-dealkylation sites (tertiary alicyclic amines) is 1. The minimum absolute atomic E-state index is 0.0498. The Kier molecular flexibility index (Phi) is 5.61. The molecule has 29 heavy (non-hydrogen) atoms. The van der Waals surface area contributed by atoms with Gasteiger partial charge in [-0.3, -0.25) is 4.79 Å². The second kappa shape index (κ2) is 8.16. The lowest BCUT2D eigenvalue weighted by Gasteiger charge is -2.22. The molecule has 0 saturated carbocycles. The van der Waals surface area contributed by atoms with E-state index in [2.05, 4.69) is 0 Å². The van der Waals surface area contributed by atoms with Gasteiger partial charge in [-0.05, 0) is 48.6 Å². The number of carbonyl (C=O) groups excluding carboxylic acids is 1. The smallest absolute Gasteiger partial charge is 0.253 e. The third-order valence-electron chi connectivity index (χ3n) is 5.99. The monoisotopic (exact) mass is 414 g/mol. The SMILES string of the molecule is COc1ccc(C(=O)N2CC[C@@H]3CN(Cc4ccccc4)S(=O)(=O)[C@@H]3CC2)cc1. The van der Waals surface area contributed by atoms with Gasteiger partial charge in [0.25, 0.3) is 5.91 Å². The third kappa shape index (κ3) is 4.02. The van der Waals surface area contributed by atoms with Gasteiger partial charge >= 0.3 is 0 Å². The molecule has 0 aromatic heterocycles. The highest BCUT2D eigenvalue weighted by molar-refractivity contribution is 7.90. The van der Waals surface area contributed by atoms with E-state index in [1.54, 1.807) is 40.6 Å². The maximum Gasteiger partial charge on any atom is 0.253 e. The maximum atomic E-state index is 13.1. The largest absolute Gasteiger partial charge is 0.497 e. The Morgan fingerprint density at radius 3 is 2.41 bits per heavy atom. The van der Waals surface area contributed by atoms with E-state index in [0.717, 1.165) is 5.56 Å². The van der Waals surface area contributed by atoms with Crippen LogP contribution < -0.4 is 4.74 Å². The van der Waals surface area contributed by atoms with Gasteiger partial charge in [0.05, 0.1) is 12.4 Å². The Morgan fingerprint density at radius 1 is 1.03 bits per heavy atom. The molecule has 2 aliphatic rings. The minimum Gasteiger partial charge on any atom is -0.497 e. The molecule has 2 heterocycles. The van der Waals surface area contributed by atoms with Crippen molar-refractivity contribution < 1.29 is 17.9 Å². The zero-order valence-corrected chi connectivity index (χ0v) is 17.3. The van der Waals surface area contributed by atoms with Gasteiger partial charge in [-0.25, -0.2) is 8.42 Å². The van der Waals surface area contributed by atoms with Crippen LogP contribution in [0.5, 0.6) is 5.75 Å². The Balaban J connectivity index is 1.44. The van der Waals surface area contributed by atoms with Crippen LogP contribution in [-0.2, 0) is 16.6 Å². The molecule has 7 heteroatoms. The zero-order chi connectivity index (χ0) is 20.4. The number of benzene rings is 2. The molecule has 0 spiro atoms. The summed E-state index contributed by atoms with van der Waals surface area (Å²) in [4.78, 5) is 14.7. The minimum atomic E-state index is -3.35. The number of hydrogen-bond acceptors (Lipinski definition) is 4. The van der Waals surface area contributed by atoms with E-state index < -0.39 is 15.3 Å². The Hall–Kier alpha value is -2.38. The summed E-state index contributed by atoms with van der Waals surface area (Å²) in [6.45, 7) is 2.00. The predicted octanol–water partition coefficient (Wildman–Crippen LogP) is 2.76. The summed E-state index contributed by atoms with van der Waals surface area (Å²) in [6, 6.07) is 16.8. The first-order valence-corrected chi connectivity index (χ1v) is 11.5. The molecule has 2 aromatic rings. The maximum absolute atomic E-state index is 13.1. The fourth-order valence-electron chi connectivity index (χ4n) is 4.36. The van der Waals surface area contributed by atoms with E-state index in [1.165, 1.54) is 0 Å². The summed E-state index contributed by atoms with van der Waals surface area (Å²) in [6.07, 6.45) is 1.19. The van der Waals surface area contributed by atoms with Crippen LogP contribution in [0.25, 0.3) is 0 Å². The zero-order valence-electron chi connectivity index (χ0n) is 16.5. The molecule has 154 valence electrons. The van der Waals surface area contributed by atoms with Crippen LogP contribution in [0.2, 0.25) is 0 Å². The van der Waals surface area contributed by atoms with Gasteiger partial charge in [0.2, 0.25) is 10.0 Å². The van der Waals surface area contributed by atoms with Crippen molar-refractivity contribution in [1.29, 1.82) is 0 Å². The van der Waals surface area contributed by atoms with E-state index in [1.807, 2.05) is 30.3 Å². The molecule has 2 atom stereocenters. The molecule has 0 unspecified atom stereocenters. The van der Waals surface area contributed by atoms with Crippen molar-refractivity contribution in [3.63, 3.8) is 0 Å². The van der Waals surface area contributed by atoms with Crippen LogP contribution in [-0.4, -0.2) is 55.5 Å². The quantitative estimate of drug-likeness (QED) is 0.772. The summed E-state index contributed by atoms with van der Waals surface area (Å²) in [5, 5.41) is -0.403. The lowest BCUT2D eigenvalue weighted by Crippen LogP contribution is -2.34. The standard InChI is InChI=1S/C22H26N2O4S/c1-28-20-9-7-18(8-10-20)22(25)23-13-11-19-16-24(15-17-5-3-2-4-6-17)29(26,27)21(19)12-14-23/h2-10,19,21H,11-16H2,1H3/t19-,21-/m1/s1. The lowest BCUT2D eigenvalue weighted by atomic mass is 10.0. The number of rotatable bonds is 4. The number of ether oxygens (including phenoxy) is 1. The number of carbonyl (C=O) groups is 1. The summed E-state index contributed by atoms with van der Waals surface area (Å²) in [5.41, 5.74) is 1.61. The van der Waals surface area contributed by atoms with Gasteiger partial charge in [0.1, 0.15) is 5.75 Å². The van der Waals surface area contributed by atoms with E-state index >= 15 is 0 Å². The number of sulfonamides is 1. The number of amides is 1. The average Bonchev–Trinajstić information content (AvgIpc) is 2.88. The van der Waals surface area contributed by atoms with Crippen molar-refractivity contribution in [3.8, 4) is 5.75 Å². The molecule has 2 fully saturated rings. The molecule has 0 aliphatic carbocycles. The number of hydrogen-bond donors (Lipinski definition) is 0. The number of methoxy groups -OCH3 is 1. The number of nitrogens with zero attached hydrogens (tertiary/aromatic N) is 2. The van der Waals surface area contributed by atoms with Gasteiger partial charge in [-0.1, -0.05) is 30.3 Å². The highest BCUT2D eigenvalue weighted by Crippen LogP contribution is 2.35. The van der Waals surface area contributed by atoms with E-state index in [0.29, 0.717) is 50.3 Å². The third-order valence-corrected chi connectivity index (χ3v) is 8.37. The van der Waals surface area contributed by atoms with Gasteiger partial charge < -0.3 is 9.64 Å². The second-order valence-electron chi connectivity index (χ2n) is 7.72. The van der Waals surface area contributed by atoms with Crippen molar-refractivity contribution in [2.75, 3.05) is 26.7 Å². The van der Waals surface area contributed by atoms with Gasteiger partial charge in [0.15, 0.2) is 0 Å². The molecule has 1 amide bonds. The van der Waals surface area contributed by atoms with Gasteiger partial charge in [-0.2, -0.15) is 4.31 Å². The number of fused-ring (bicyclic) bond motifs is 1. The van der Waals surface area contributed by atoms with Crippen LogP contribution in [0.1, 0.15) is 28.8 Å². The van der Waals surface area contributed by atoms with E-state index in [-0.39, 0.29) is 11.8 Å². The first-order chi connectivity index (χ1) is 14.0. The highest BCUT2D eigenvalue weighted by atomic mass is 32.2. The van der Waals surface area contributed by atoms with Crippen LogP contribution in [0, 0.1) is 5.92 Å². The van der Waals surface area contributed by atoms with Crippen molar-refractivity contribution in [3.05, 3.63) is 65.7 Å². The molecule has 4 rings (SSSR count). The molecular formula is C22H26N2O4S. The van der Waals surface area contributed by atoms with Gasteiger partial charge in [0, 0.05) is 31.7 Å². The molecule has 0 bridgehead atoms. The Bertz CT molecular complexity index is 960. The summed E-state index contributed by atoms with van der Waals surface area (Å²) in [5.74, 6) is 0.722. The van der Waals surface area contributed by atoms with Crippen LogP contribution in [0.15, 0.2) is 54.6 Å². The Morgan fingerprint density at radius 2 is 1.72 bits per heavy atom. The summed E-state index contributed by atoms with van der Waals surface area (Å²) in [7, 11) is -1.76.